The third-order valence-corrected chi connectivity index (χ3v) is 5.14. The number of pyridine rings is 1. The average molecular weight is 333 g/mol. The molecule has 2 unspecified atom stereocenters. The fourth-order valence-corrected chi connectivity index (χ4v) is 3.85. The maximum absolute atomic E-state index is 12.0. The lowest BCUT2D eigenvalue weighted by Gasteiger charge is -2.36. The Balaban J connectivity index is 1.37. The van der Waals surface area contributed by atoms with Crippen molar-refractivity contribution >= 4 is 5.97 Å². The molecule has 0 bridgehead atoms. The van der Waals surface area contributed by atoms with Gasteiger partial charge in [0.15, 0.2) is 0 Å². The van der Waals surface area contributed by atoms with Crippen LogP contribution in [0.2, 0.25) is 0 Å². The summed E-state index contributed by atoms with van der Waals surface area (Å²) in [5.74, 6) is 1.17. The second kappa shape index (κ2) is 9.14. The van der Waals surface area contributed by atoms with Gasteiger partial charge in [0.1, 0.15) is 12.7 Å². The molecule has 0 amide bonds. The van der Waals surface area contributed by atoms with Gasteiger partial charge in [-0.25, -0.2) is 4.79 Å². The van der Waals surface area contributed by atoms with E-state index >= 15 is 0 Å². The fourth-order valence-electron chi connectivity index (χ4n) is 3.85. The lowest BCUT2D eigenvalue weighted by atomic mass is 9.75. The Labute approximate surface area is 143 Å². The number of nitrogens with zero attached hydrogens (tertiary/aromatic N) is 1. The fraction of sp³-hybridized carbons (Fsp3) is 0.684. The molecule has 0 radical (unpaired) electrons. The van der Waals surface area contributed by atoms with Crippen LogP contribution in [0.25, 0.3) is 0 Å². The van der Waals surface area contributed by atoms with E-state index in [0.29, 0.717) is 12.5 Å². The summed E-state index contributed by atoms with van der Waals surface area (Å²) in [7, 11) is 0. The summed E-state index contributed by atoms with van der Waals surface area (Å²) in [6, 6.07) is 3.76. The number of esters is 1. The molecule has 1 saturated carbocycles. The molecule has 1 aromatic rings. The van der Waals surface area contributed by atoms with E-state index in [1.807, 2.05) is 12.1 Å². The van der Waals surface area contributed by atoms with Crippen molar-refractivity contribution < 1.29 is 19.0 Å². The molecule has 2 fully saturated rings. The van der Waals surface area contributed by atoms with Crippen molar-refractivity contribution in [2.45, 2.75) is 51.2 Å². The van der Waals surface area contributed by atoms with Crippen molar-refractivity contribution in [3.05, 3.63) is 30.1 Å². The number of hydrogen-bond donors (Lipinski definition) is 0. The predicted molar refractivity (Wildman–Crippen MR) is 89.3 cm³/mol. The standard InChI is InChI=1S/C19H27NO4/c21-19(14-23-13-15-4-8-20-9-5-15)24-18-3-1-2-17(12-18)16-6-10-22-11-7-16/h4-5,8-9,16-18H,1-3,6-7,10-14H2. The number of hydrogen-bond acceptors (Lipinski definition) is 5. The molecule has 24 heavy (non-hydrogen) atoms. The Morgan fingerprint density at radius 3 is 2.71 bits per heavy atom. The molecule has 5 heteroatoms. The molecule has 2 aliphatic rings. The highest BCUT2D eigenvalue weighted by Gasteiger charge is 2.31. The second-order valence-corrected chi connectivity index (χ2v) is 6.84. The van der Waals surface area contributed by atoms with Crippen molar-refractivity contribution in [1.82, 2.24) is 4.98 Å². The number of aromatic nitrogens is 1. The first-order valence-corrected chi connectivity index (χ1v) is 9.05. The summed E-state index contributed by atoms with van der Waals surface area (Å²) in [5.41, 5.74) is 1.01. The van der Waals surface area contributed by atoms with E-state index in [-0.39, 0.29) is 18.7 Å². The molecule has 1 aliphatic carbocycles. The Bertz CT molecular complexity index is 501. The first-order chi connectivity index (χ1) is 11.8. The van der Waals surface area contributed by atoms with Crippen LogP contribution in [-0.4, -0.2) is 36.9 Å². The zero-order valence-electron chi connectivity index (χ0n) is 14.2. The van der Waals surface area contributed by atoms with Gasteiger partial charge in [0.25, 0.3) is 0 Å². The molecular formula is C19H27NO4. The van der Waals surface area contributed by atoms with Crippen molar-refractivity contribution in [3.63, 3.8) is 0 Å². The normalized spacial score (nSPS) is 25.3. The van der Waals surface area contributed by atoms with Gasteiger partial charge in [-0.1, -0.05) is 0 Å². The topological polar surface area (TPSA) is 57.7 Å². The minimum absolute atomic E-state index is 0.0146. The highest BCUT2D eigenvalue weighted by molar-refractivity contribution is 5.70. The van der Waals surface area contributed by atoms with Crippen molar-refractivity contribution in [1.29, 1.82) is 0 Å². The minimum atomic E-state index is -0.248. The molecule has 2 atom stereocenters. The molecule has 0 N–H and O–H groups in total. The van der Waals surface area contributed by atoms with E-state index in [1.54, 1.807) is 12.4 Å². The Hall–Kier alpha value is -1.46. The van der Waals surface area contributed by atoms with E-state index in [4.69, 9.17) is 14.2 Å². The van der Waals surface area contributed by atoms with Crippen molar-refractivity contribution in [2.75, 3.05) is 19.8 Å². The smallest absolute Gasteiger partial charge is 0.332 e. The van der Waals surface area contributed by atoms with Crippen LogP contribution in [0.5, 0.6) is 0 Å². The van der Waals surface area contributed by atoms with Crippen LogP contribution in [0.4, 0.5) is 0 Å². The van der Waals surface area contributed by atoms with Gasteiger partial charge in [0.2, 0.25) is 0 Å². The molecule has 3 rings (SSSR count). The van der Waals surface area contributed by atoms with Gasteiger partial charge in [-0.3, -0.25) is 4.98 Å². The van der Waals surface area contributed by atoms with Crippen molar-refractivity contribution in [3.8, 4) is 0 Å². The summed E-state index contributed by atoms with van der Waals surface area (Å²) in [5, 5.41) is 0. The third kappa shape index (κ3) is 5.28. The van der Waals surface area contributed by atoms with Crippen LogP contribution in [-0.2, 0) is 25.6 Å². The monoisotopic (exact) mass is 333 g/mol. The number of rotatable bonds is 6. The van der Waals surface area contributed by atoms with Gasteiger partial charge in [0, 0.05) is 25.6 Å². The lowest BCUT2D eigenvalue weighted by molar-refractivity contribution is -0.157. The maximum Gasteiger partial charge on any atom is 0.332 e. The summed E-state index contributed by atoms with van der Waals surface area (Å²) < 4.78 is 16.5. The van der Waals surface area contributed by atoms with Gasteiger partial charge in [0.05, 0.1) is 6.61 Å². The van der Waals surface area contributed by atoms with Crippen LogP contribution in [0.15, 0.2) is 24.5 Å². The van der Waals surface area contributed by atoms with Crippen LogP contribution in [0.3, 0.4) is 0 Å². The molecule has 1 aliphatic heterocycles. The number of carbonyl (C=O) groups is 1. The average Bonchev–Trinajstić information content (AvgIpc) is 2.63. The third-order valence-electron chi connectivity index (χ3n) is 5.14. The molecule has 132 valence electrons. The molecular weight excluding hydrogens is 306 g/mol. The predicted octanol–water partition coefficient (Wildman–Crippen LogP) is 3.13. The van der Waals surface area contributed by atoms with Crippen LogP contribution >= 0.6 is 0 Å². The molecule has 0 spiro atoms. The van der Waals surface area contributed by atoms with E-state index < -0.39 is 0 Å². The molecule has 5 nitrogen and oxygen atoms in total. The zero-order valence-corrected chi connectivity index (χ0v) is 14.2. The van der Waals surface area contributed by atoms with E-state index in [2.05, 4.69) is 4.98 Å². The molecule has 1 aromatic heterocycles. The summed E-state index contributed by atoms with van der Waals surface area (Å²) in [4.78, 5) is 16.0. The second-order valence-electron chi connectivity index (χ2n) is 6.84. The Kier molecular flexibility index (Phi) is 6.61. The highest BCUT2D eigenvalue weighted by Crippen LogP contribution is 2.36. The quantitative estimate of drug-likeness (QED) is 0.749. The largest absolute Gasteiger partial charge is 0.461 e. The molecule has 0 aromatic carbocycles. The summed E-state index contributed by atoms with van der Waals surface area (Å²) in [6.07, 6.45) is 10.2. The van der Waals surface area contributed by atoms with Gasteiger partial charge < -0.3 is 14.2 Å². The minimum Gasteiger partial charge on any atom is -0.461 e. The molecule has 2 heterocycles. The number of carbonyl (C=O) groups excluding carboxylic acids is 1. The first kappa shape index (κ1) is 17.4. The van der Waals surface area contributed by atoms with E-state index in [9.17, 15) is 4.79 Å². The number of ether oxygens (including phenoxy) is 3. The highest BCUT2D eigenvalue weighted by atomic mass is 16.6. The van der Waals surface area contributed by atoms with Gasteiger partial charge in [-0.05, 0) is 68.1 Å². The maximum atomic E-state index is 12.0. The summed E-state index contributed by atoms with van der Waals surface area (Å²) in [6.45, 7) is 2.19. The Morgan fingerprint density at radius 1 is 1.12 bits per heavy atom. The summed E-state index contributed by atoms with van der Waals surface area (Å²) >= 11 is 0. The Morgan fingerprint density at radius 2 is 1.92 bits per heavy atom. The van der Waals surface area contributed by atoms with E-state index in [1.165, 1.54) is 6.42 Å². The van der Waals surface area contributed by atoms with Crippen LogP contribution < -0.4 is 0 Å². The van der Waals surface area contributed by atoms with E-state index in [0.717, 1.165) is 56.8 Å². The van der Waals surface area contributed by atoms with Crippen molar-refractivity contribution in [2.24, 2.45) is 11.8 Å². The molecule has 1 saturated heterocycles. The van der Waals surface area contributed by atoms with Crippen LogP contribution in [0, 0.1) is 11.8 Å². The van der Waals surface area contributed by atoms with Gasteiger partial charge >= 0.3 is 5.97 Å². The van der Waals surface area contributed by atoms with Crippen LogP contribution in [0.1, 0.15) is 44.1 Å². The van der Waals surface area contributed by atoms with Gasteiger partial charge in [-0.2, -0.15) is 0 Å². The van der Waals surface area contributed by atoms with Gasteiger partial charge in [-0.15, -0.1) is 0 Å². The SMILES string of the molecule is O=C(COCc1ccncc1)OC1CCCC(C2CCOCC2)C1. The lowest BCUT2D eigenvalue weighted by Crippen LogP contribution is -2.32. The first-order valence-electron chi connectivity index (χ1n) is 9.05. The zero-order chi connectivity index (χ0) is 16.6.